The van der Waals surface area contributed by atoms with Crippen LogP contribution in [0.1, 0.15) is 32.1 Å². The molecule has 2 rings (SSSR count). The highest BCUT2D eigenvalue weighted by molar-refractivity contribution is 7.89. The van der Waals surface area contributed by atoms with E-state index in [4.69, 9.17) is 5.73 Å². The molecular weight excluding hydrogens is 276 g/mol. The van der Waals surface area contributed by atoms with Crippen LogP contribution in [0.25, 0.3) is 0 Å². The number of sulfonamides is 1. The predicted octanol–water partition coefficient (Wildman–Crippen LogP) is 1.04. The first-order valence-corrected chi connectivity index (χ1v) is 8.67. The van der Waals surface area contributed by atoms with Crippen molar-refractivity contribution < 1.29 is 8.42 Å². The molecule has 1 saturated carbocycles. The molecule has 1 aliphatic carbocycles. The van der Waals surface area contributed by atoms with Crippen LogP contribution < -0.4 is 5.73 Å². The molecule has 7 heteroatoms. The third-order valence-electron chi connectivity index (χ3n) is 3.92. The average molecular weight is 300 g/mol. The van der Waals surface area contributed by atoms with E-state index in [2.05, 4.69) is 5.10 Å². The summed E-state index contributed by atoms with van der Waals surface area (Å²) in [6, 6.07) is 0. The summed E-state index contributed by atoms with van der Waals surface area (Å²) in [5.41, 5.74) is 5.44. The lowest BCUT2D eigenvalue weighted by molar-refractivity contribution is 0.300. The number of rotatable bonds is 6. The van der Waals surface area contributed by atoms with Crippen molar-refractivity contribution in [3.05, 3.63) is 12.4 Å². The Hall–Kier alpha value is -0.920. The molecule has 1 fully saturated rings. The topological polar surface area (TPSA) is 81.2 Å². The lowest BCUT2D eigenvalue weighted by Gasteiger charge is -2.26. The number of hydrogen-bond acceptors (Lipinski definition) is 4. The van der Waals surface area contributed by atoms with Gasteiger partial charge in [0.25, 0.3) is 0 Å². The second kappa shape index (κ2) is 6.69. The Morgan fingerprint density at radius 1 is 1.40 bits per heavy atom. The van der Waals surface area contributed by atoms with Gasteiger partial charge < -0.3 is 5.73 Å². The lowest BCUT2D eigenvalue weighted by Crippen LogP contribution is -2.32. The molecule has 0 aromatic carbocycles. The molecule has 0 bridgehead atoms. The van der Waals surface area contributed by atoms with Crippen molar-refractivity contribution >= 4 is 10.0 Å². The monoisotopic (exact) mass is 300 g/mol. The summed E-state index contributed by atoms with van der Waals surface area (Å²) < 4.78 is 28.0. The van der Waals surface area contributed by atoms with Crippen molar-refractivity contribution in [3.8, 4) is 0 Å². The van der Waals surface area contributed by atoms with Crippen LogP contribution in [0, 0.1) is 5.92 Å². The predicted molar refractivity (Wildman–Crippen MR) is 77.7 cm³/mol. The van der Waals surface area contributed by atoms with E-state index in [9.17, 15) is 8.42 Å². The molecule has 1 aromatic rings. The maximum absolute atomic E-state index is 12.5. The fraction of sp³-hybridized carbons (Fsp3) is 0.769. The summed E-state index contributed by atoms with van der Waals surface area (Å²) >= 11 is 0. The van der Waals surface area contributed by atoms with E-state index in [0.29, 0.717) is 25.6 Å². The fourth-order valence-corrected chi connectivity index (χ4v) is 3.95. The van der Waals surface area contributed by atoms with Gasteiger partial charge in [-0.1, -0.05) is 19.3 Å². The smallest absolute Gasteiger partial charge is 0.245 e. The van der Waals surface area contributed by atoms with Crippen molar-refractivity contribution in [1.82, 2.24) is 14.1 Å². The van der Waals surface area contributed by atoms with Gasteiger partial charge >= 0.3 is 0 Å². The fourth-order valence-electron chi connectivity index (χ4n) is 2.74. The summed E-state index contributed by atoms with van der Waals surface area (Å²) in [6.45, 7) is 1.57. The molecule has 0 saturated heterocycles. The molecule has 6 nitrogen and oxygen atoms in total. The molecule has 1 aliphatic rings. The van der Waals surface area contributed by atoms with Gasteiger partial charge in [0.15, 0.2) is 0 Å². The minimum absolute atomic E-state index is 0.254. The standard InChI is InChI=1S/C13H24N4O2S/c1-16(10-12-5-3-2-4-6-12)20(18,19)13-9-15-17(11-13)8-7-14/h9,11-12H,2-8,10,14H2,1H3. The second-order valence-corrected chi connectivity index (χ2v) is 7.56. The molecule has 1 heterocycles. The Labute approximate surface area is 121 Å². The Kier molecular flexibility index (Phi) is 5.17. The van der Waals surface area contributed by atoms with E-state index in [0.717, 1.165) is 12.8 Å². The van der Waals surface area contributed by atoms with E-state index < -0.39 is 10.0 Å². The lowest BCUT2D eigenvalue weighted by atomic mass is 9.89. The molecule has 20 heavy (non-hydrogen) atoms. The van der Waals surface area contributed by atoms with Crippen LogP contribution in [0.15, 0.2) is 17.3 Å². The summed E-state index contributed by atoms with van der Waals surface area (Å²) in [5, 5.41) is 4.03. The van der Waals surface area contributed by atoms with Gasteiger partial charge in [0.05, 0.1) is 12.7 Å². The van der Waals surface area contributed by atoms with Gasteiger partial charge in [-0.05, 0) is 18.8 Å². The molecule has 0 atom stereocenters. The molecule has 0 unspecified atom stereocenters. The van der Waals surface area contributed by atoms with Gasteiger partial charge in [-0.15, -0.1) is 0 Å². The number of hydrogen-bond donors (Lipinski definition) is 1. The van der Waals surface area contributed by atoms with Gasteiger partial charge in [-0.25, -0.2) is 12.7 Å². The van der Waals surface area contributed by atoms with Crippen LogP contribution in [0.5, 0.6) is 0 Å². The van der Waals surface area contributed by atoms with E-state index in [1.807, 2.05) is 0 Å². The number of nitrogens with two attached hydrogens (primary N) is 1. The van der Waals surface area contributed by atoms with Gasteiger partial charge in [0.2, 0.25) is 10.0 Å². The molecule has 1 aromatic heterocycles. The first-order valence-electron chi connectivity index (χ1n) is 7.23. The molecular formula is C13H24N4O2S. The SMILES string of the molecule is CN(CC1CCCCC1)S(=O)(=O)c1cnn(CCN)c1. The first-order chi connectivity index (χ1) is 9.54. The van der Waals surface area contributed by atoms with Crippen molar-refractivity contribution in [2.75, 3.05) is 20.1 Å². The zero-order chi connectivity index (χ0) is 14.6. The molecule has 0 aliphatic heterocycles. The maximum Gasteiger partial charge on any atom is 0.245 e. The average Bonchev–Trinajstić information content (AvgIpc) is 2.89. The molecule has 0 spiro atoms. The van der Waals surface area contributed by atoms with Gasteiger partial charge in [0, 0.05) is 26.3 Å². The third-order valence-corrected chi connectivity index (χ3v) is 5.69. The van der Waals surface area contributed by atoms with Crippen LogP contribution in [-0.2, 0) is 16.6 Å². The van der Waals surface area contributed by atoms with Gasteiger partial charge in [0.1, 0.15) is 4.90 Å². The van der Waals surface area contributed by atoms with E-state index >= 15 is 0 Å². The van der Waals surface area contributed by atoms with Crippen LogP contribution >= 0.6 is 0 Å². The molecule has 0 amide bonds. The highest BCUT2D eigenvalue weighted by Crippen LogP contribution is 2.25. The van der Waals surface area contributed by atoms with Crippen LogP contribution in [0.4, 0.5) is 0 Å². The molecule has 0 radical (unpaired) electrons. The van der Waals surface area contributed by atoms with E-state index in [-0.39, 0.29) is 4.90 Å². The minimum Gasteiger partial charge on any atom is -0.329 e. The van der Waals surface area contributed by atoms with Gasteiger partial charge in [-0.3, -0.25) is 4.68 Å². The normalized spacial score (nSPS) is 17.8. The Bertz CT molecular complexity index is 520. The minimum atomic E-state index is -3.43. The zero-order valence-corrected chi connectivity index (χ0v) is 12.8. The Morgan fingerprint density at radius 3 is 2.75 bits per heavy atom. The summed E-state index contributed by atoms with van der Waals surface area (Å²) in [6.07, 6.45) is 8.93. The Balaban J connectivity index is 2.03. The van der Waals surface area contributed by atoms with E-state index in [1.165, 1.54) is 29.8 Å². The van der Waals surface area contributed by atoms with Crippen molar-refractivity contribution in [1.29, 1.82) is 0 Å². The van der Waals surface area contributed by atoms with Gasteiger partial charge in [-0.2, -0.15) is 5.10 Å². The summed E-state index contributed by atoms with van der Waals surface area (Å²) in [5.74, 6) is 0.489. The first kappa shape index (κ1) is 15.5. The molecule has 2 N–H and O–H groups in total. The zero-order valence-electron chi connectivity index (χ0n) is 12.0. The van der Waals surface area contributed by atoms with Crippen LogP contribution in [-0.4, -0.2) is 42.6 Å². The quantitative estimate of drug-likeness (QED) is 0.851. The molecule has 114 valence electrons. The number of nitrogens with zero attached hydrogens (tertiary/aromatic N) is 3. The summed E-state index contributed by atoms with van der Waals surface area (Å²) in [7, 11) is -1.77. The largest absolute Gasteiger partial charge is 0.329 e. The highest BCUT2D eigenvalue weighted by Gasteiger charge is 2.25. The van der Waals surface area contributed by atoms with E-state index in [1.54, 1.807) is 17.9 Å². The Morgan fingerprint density at radius 2 is 2.10 bits per heavy atom. The third kappa shape index (κ3) is 3.59. The van der Waals surface area contributed by atoms with Crippen molar-refractivity contribution in [2.45, 2.75) is 43.5 Å². The number of aromatic nitrogens is 2. The highest BCUT2D eigenvalue weighted by atomic mass is 32.2. The van der Waals surface area contributed by atoms with Crippen molar-refractivity contribution in [3.63, 3.8) is 0 Å². The summed E-state index contributed by atoms with van der Waals surface area (Å²) in [4.78, 5) is 0.254. The maximum atomic E-state index is 12.5. The van der Waals surface area contributed by atoms with Crippen LogP contribution in [0.3, 0.4) is 0 Å². The van der Waals surface area contributed by atoms with Crippen molar-refractivity contribution in [2.24, 2.45) is 11.7 Å². The van der Waals surface area contributed by atoms with Crippen LogP contribution in [0.2, 0.25) is 0 Å². The second-order valence-electron chi connectivity index (χ2n) is 5.52.